The first-order valence-electron chi connectivity index (χ1n) is 6.24. The Hall–Kier alpha value is -1.15. The smallest absolute Gasteiger partial charge is 0.123 e. The van der Waals surface area contributed by atoms with Crippen LogP contribution in [0.3, 0.4) is 0 Å². The molecule has 1 aromatic carbocycles. The third-order valence-corrected chi connectivity index (χ3v) is 3.06. The monoisotopic (exact) mass is 235 g/mol. The van der Waals surface area contributed by atoms with E-state index in [1.54, 1.807) is 6.07 Å². The highest BCUT2D eigenvalue weighted by Gasteiger charge is 2.14. The van der Waals surface area contributed by atoms with E-state index in [9.17, 15) is 4.39 Å². The first-order chi connectivity index (χ1) is 8.08. The molecule has 0 radical (unpaired) electrons. The molecule has 1 unspecified atom stereocenters. The van der Waals surface area contributed by atoms with Gasteiger partial charge in [0.15, 0.2) is 0 Å². The van der Waals surface area contributed by atoms with E-state index in [1.165, 1.54) is 11.6 Å². The molecule has 2 heteroatoms. The second kappa shape index (κ2) is 6.55. The Morgan fingerprint density at radius 3 is 2.71 bits per heavy atom. The van der Waals surface area contributed by atoms with Crippen molar-refractivity contribution in [2.45, 2.75) is 39.7 Å². The molecule has 0 amide bonds. The number of aryl methyl sites for hydroxylation is 1. The van der Waals surface area contributed by atoms with Gasteiger partial charge in [-0.15, -0.1) is 0 Å². The molecule has 0 aliphatic rings. The van der Waals surface area contributed by atoms with Gasteiger partial charge in [0, 0.05) is 6.04 Å². The van der Waals surface area contributed by atoms with Gasteiger partial charge in [0.25, 0.3) is 0 Å². The zero-order chi connectivity index (χ0) is 12.8. The number of nitrogens with one attached hydrogen (secondary N) is 1. The van der Waals surface area contributed by atoms with Gasteiger partial charge < -0.3 is 5.32 Å². The lowest BCUT2D eigenvalue weighted by molar-refractivity contribution is 0.534. The summed E-state index contributed by atoms with van der Waals surface area (Å²) in [4.78, 5) is 0. The van der Waals surface area contributed by atoms with Crippen molar-refractivity contribution in [3.8, 4) is 0 Å². The highest BCUT2D eigenvalue weighted by Crippen LogP contribution is 2.25. The third-order valence-electron chi connectivity index (χ3n) is 3.06. The van der Waals surface area contributed by atoms with Crippen LogP contribution in [0.4, 0.5) is 4.39 Å². The lowest BCUT2D eigenvalue weighted by Crippen LogP contribution is -2.22. The molecule has 0 spiro atoms. The molecule has 1 atom stereocenters. The van der Waals surface area contributed by atoms with Crippen LogP contribution >= 0.6 is 0 Å². The van der Waals surface area contributed by atoms with Crippen molar-refractivity contribution < 1.29 is 4.39 Å². The van der Waals surface area contributed by atoms with E-state index in [1.807, 2.05) is 13.0 Å². The van der Waals surface area contributed by atoms with Crippen LogP contribution in [0.5, 0.6) is 0 Å². The number of rotatable bonds is 6. The van der Waals surface area contributed by atoms with Gasteiger partial charge in [0.1, 0.15) is 5.82 Å². The summed E-state index contributed by atoms with van der Waals surface area (Å²) in [5.74, 6) is -0.171. The molecule has 0 bridgehead atoms. The average molecular weight is 235 g/mol. The van der Waals surface area contributed by atoms with Crippen molar-refractivity contribution in [2.75, 3.05) is 6.54 Å². The van der Waals surface area contributed by atoms with E-state index in [0.717, 1.165) is 30.5 Å². The summed E-state index contributed by atoms with van der Waals surface area (Å²) < 4.78 is 13.3. The molecule has 17 heavy (non-hydrogen) atoms. The van der Waals surface area contributed by atoms with Gasteiger partial charge in [0.05, 0.1) is 0 Å². The number of hydrogen-bond donors (Lipinski definition) is 1. The second-order valence-corrected chi connectivity index (χ2v) is 4.42. The lowest BCUT2D eigenvalue weighted by Gasteiger charge is -2.21. The predicted molar refractivity (Wildman–Crippen MR) is 71.6 cm³/mol. The highest BCUT2D eigenvalue weighted by molar-refractivity contribution is 5.30. The first kappa shape index (κ1) is 13.9. The third kappa shape index (κ3) is 3.97. The van der Waals surface area contributed by atoms with Gasteiger partial charge >= 0.3 is 0 Å². The standard InChI is InChI=1S/C15H22FN/c1-5-11(3)9-15(17-6-2)14-10-13(16)8-7-12(14)4/h7-8,10,15,17H,3,5-6,9H2,1-2,4H3. The quantitative estimate of drug-likeness (QED) is 0.731. The minimum Gasteiger partial charge on any atom is -0.310 e. The van der Waals surface area contributed by atoms with Crippen molar-refractivity contribution in [3.05, 3.63) is 47.3 Å². The molecule has 1 nitrogen and oxygen atoms in total. The lowest BCUT2D eigenvalue weighted by atomic mass is 9.95. The maximum absolute atomic E-state index is 13.3. The van der Waals surface area contributed by atoms with Crippen molar-refractivity contribution in [2.24, 2.45) is 0 Å². The Bertz CT molecular complexity index is 385. The molecule has 1 N–H and O–H groups in total. The predicted octanol–water partition coefficient (Wildman–Crippen LogP) is 4.14. The van der Waals surface area contributed by atoms with Crippen LogP contribution < -0.4 is 5.32 Å². The Morgan fingerprint density at radius 2 is 2.12 bits per heavy atom. The van der Waals surface area contributed by atoms with Gasteiger partial charge in [-0.05, 0) is 49.6 Å². The fourth-order valence-electron chi connectivity index (χ4n) is 1.96. The minimum absolute atomic E-state index is 0.170. The van der Waals surface area contributed by atoms with Crippen LogP contribution in [-0.2, 0) is 0 Å². The summed E-state index contributed by atoms with van der Waals surface area (Å²) in [7, 11) is 0. The van der Waals surface area contributed by atoms with E-state index in [0.29, 0.717) is 0 Å². The van der Waals surface area contributed by atoms with Crippen molar-refractivity contribution >= 4 is 0 Å². The molecule has 94 valence electrons. The summed E-state index contributed by atoms with van der Waals surface area (Å²) in [6, 6.07) is 5.15. The maximum Gasteiger partial charge on any atom is 0.123 e. The van der Waals surface area contributed by atoms with Crippen molar-refractivity contribution in [3.63, 3.8) is 0 Å². The Labute approximate surface area is 104 Å². The van der Waals surface area contributed by atoms with E-state index < -0.39 is 0 Å². The number of halogens is 1. The van der Waals surface area contributed by atoms with Gasteiger partial charge in [-0.25, -0.2) is 4.39 Å². The molecule has 0 fully saturated rings. The Balaban J connectivity index is 2.95. The zero-order valence-corrected chi connectivity index (χ0v) is 11.0. The molecule has 0 aliphatic heterocycles. The van der Waals surface area contributed by atoms with Crippen molar-refractivity contribution in [1.82, 2.24) is 5.32 Å². The molecule has 1 rings (SSSR count). The van der Waals surface area contributed by atoms with Crippen LogP contribution in [-0.4, -0.2) is 6.54 Å². The van der Waals surface area contributed by atoms with Crippen LogP contribution in [0.15, 0.2) is 30.4 Å². The molecule has 0 saturated carbocycles. The van der Waals surface area contributed by atoms with Gasteiger partial charge in [-0.3, -0.25) is 0 Å². The van der Waals surface area contributed by atoms with Crippen LogP contribution in [0.25, 0.3) is 0 Å². The highest BCUT2D eigenvalue weighted by atomic mass is 19.1. The van der Waals surface area contributed by atoms with E-state index in [2.05, 4.69) is 25.7 Å². The largest absolute Gasteiger partial charge is 0.310 e. The molecule has 0 heterocycles. The molecule has 1 aromatic rings. The normalized spacial score (nSPS) is 12.5. The van der Waals surface area contributed by atoms with Crippen LogP contribution in [0.2, 0.25) is 0 Å². The van der Waals surface area contributed by atoms with Gasteiger partial charge in [-0.2, -0.15) is 0 Å². The zero-order valence-electron chi connectivity index (χ0n) is 11.0. The summed E-state index contributed by atoms with van der Waals surface area (Å²) in [6.45, 7) is 11.1. The fourth-order valence-corrected chi connectivity index (χ4v) is 1.96. The molecule has 0 aliphatic carbocycles. The SMILES string of the molecule is C=C(CC)CC(NCC)c1cc(F)ccc1C. The summed E-state index contributed by atoms with van der Waals surface area (Å²) in [5.41, 5.74) is 3.36. The van der Waals surface area contributed by atoms with E-state index >= 15 is 0 Å². The fraction of sp³-hybridized carbons (Fsp3) is 0.467. The van der Waals surface area contributed by atoms with E-state index in [4.69, 9.17) is 0 Å². The summed E-state index contributed by atoms with van der Waals surface area (Å²) in [6.07, 6.45) is 1.84. The molecular formula is C15H22FN. The number of hydrogen-bond acceptors (Lipinski definition) is 1. The minimum atomic E-state index is -0.171. The van der Waals surface area contributed by atoms with Crippen molar-refractivity contribution in [1.29, 1.82) is 0 Å². The number of benzene rings is 1. The Kier molecular flexibility index (Phi) is 5.36. The van der Waals surface area contributed by atoms with Gasteiger partial charge in [0.2, 0.25) is 0 Å². The van der Waals surface area contributed by atoms with Crippen LogP contribution in [0, 0.1) is 12.7 Å². The van der Waals surface area contributed by atoms with E-state index in [-0.39, 0.29) is 11.9 Å². The first-order valence-corrected chi connectivity index (χ1v) is 6.24. The molecular weight excluding hydrogens is 213 g/mol. The maximum atomic E-state index is 13.3. The molecule has 0 aromatic heterocycles. The second-order valence-electron chi connectivity index (χ2n) is 4.42. The summed E-state index contributed by atoms with van der Waals surface area (Å²) in [5, 5.41) is 3.40. The van der Waals surface area contributed by atoms with Gasteiger partial charge in [-0.1, -0.05) is 32.1 Å². The summed E-state index contributed by atoms with van der Waals surface area (Å²) >= 11 is 0. The van der Waals surface area contributed by atoms with Crippen LogP contribution in [0.1, 0.15) is 43.9 Å². The average Bonchev–Trinajstić information content (AvgIpc) is 2.31. The topological polar surface area (TPSA) is 12.0 Å². The molecule has 0 saturated heterocycles. The Morgan fingerprint density at radius 1 is 1.41 bits per heavy atom.